The van der Waals surface area contributed by atoms with Gasteiger partial charge in [-0.2, -0.15) is 0 Å². The van der Waals surface area contributed by atoms with Crippen molar-refractivity contribution in [1.29, 1.82) is 0 Å². The maximum Gasteiger partial charge on any atom is 0.00735 e. The van der Waals surface area contributed by atoms with Crippen LogP contribution in [0.2, 0.25) is 0 Å². The van der Waals surface area contributed by atoms with Crippen LogP contribution in [-0.4, -0.2) is 6.04 Å². The SMILES string of the molecule is C=C(C)/C=C/CCC[C@H](N)C/C=C\C. The van der Waals surface area contributed by atoms with E-state index in [1.807, 2.05) is 13.8 Å². The summed E-state index contributed by atoms with van der Waals surface area (Å²) in [6, 6.07) is 0.324. The third-order valence-electron chi connectivity index (χ3n) is 2.02. The maximum atomic E-state index is 5.91. The number of rotatable bonds is 7. The summed E-state index contributed by atoms with van der Waals surface area (Å²) in [5, 5.41) is 0. The second-order valence-corrected chi connectivity index (χ2v) is 3.74. The molecule has 0 aliphatic heterocycles. The summed E-state index contributed by atoms with van der Waals surface area (Å²) in [5.41, 5.74) is 7.02. The first-order valence-corrected chi connectivity index (χ1v) is 5.35. The molecule has 0 fully saturated rings. The Kier molecular flexibility index (Phi) is 8.25. The number of nitrogens with two attached hydrogens (primary N) is 1. The van der Waals surface area contributed by atoms with E-state index in [4.69, 9.17) is 5.73 Å². The minimum Gasteiger partial charge on any atom is -0.327 e. The first kappa shape index (κ1) is 13.2. The molecule has 0 aromatic carbocycles. The first-order chi connectivity index (χ1) is 6.66. The molecule has 0 aromatic rings. The smallest absolute Gasteiger partial charge is 0.00735 e. The zero-order chi connectivity index (χ0) is 10.8. The van der Waals surface area contributed by atoms with E-state index < -0.39 is 0 Å². The van der Waals surface area contributed by atoms with Crippen molar-refractivity contribution >= 4 is 0 Å². The van der Waals surface area contributed by atoms with Crippen LogP contribution in [0.25, 0.3) is 0 Å². The van der Waals surface area contributed by atoms with Gasteiger partial charge in [0.05, 0.1) is 0 Å². The zero-order valence-corrected chi connectivity index (χ0v) is 9.50. The average Bonchev–Trinajstić information content (AvgIpc) is 2.13. The Hall–Kier alpha value is -0.820. The van der Waals surface area contributed by atoms with Crippen molar-refractivity contribution in [3.63, 3.8) is 0 Å². The van der Waals surface area contributed by atoms with Crippen LogP contribution in [0.3, 0.4) is 0 Å². The highest BCUT2D eigenvalue weighted by Gasteiger charge is 1.97. The molecule has 0 bridgehead atoms. The van der Waals surface area contributed by atoms with Gasteiger partial charge < -0.3 is 5.73 Å². The standard InChI is InChI=1S/C13H23N/c1-4-5-10-13(14)11-8-6-7-9-12(2)3/h4-5,7,9,13H,2,6,8,10-11,14H2,1,3H3/b5-4-,9-7+/t13-/m1/s1. The molecule has 0 aliphatic carbocycles. The van der Waals surface area contributed by atoms with Crippen LogP contribution in [0.5, 0.6) is 0 Å². The second-order valence-electron chi connectivity index (χ2n) is 3.74. The molecule has 0 rings (SSSR count). The Balaban J connectivity index is 3.39. The fraction of sp³-hybridized carbons (Fsp3) is 0.538. The average molecular weight is 193 g/mol. The fourth-order valence-electron chi connectivity index (χ4n) is 1.21. The van der Waals surface area contributed by atoms with Gasteiger partial charge in [-0.25, -0.2) is 0 Å². The minimum absolute atomic E-state index is 0.324. The normalized spacial score (nSPS) is 13.9. The maximum absolute atomic E-state index is 5.91. The van der Waals surface area contributed by atoms with Gasteiger partial charge in [0.2, 0.25) is 0 Å². The summed E-state index contributed by atoms with van der Waals surface area (Å²) >= 11 is 0. The highest BCUT2D eigenvalue weighted by atomic mass is 14.6. The van der Waals surface area contributed by atoms with Crippen LogP contribution in [0.4, 0.5) is 0 Å². The molecule has 2 N–H and O–H groups in total. The quantitative estimate of drug-likeness (QED) is 0.373. The van der Waals surface area contributed by atoms with Crippen molar-refractivity contribution in [2.45, 2.75) is 45.6 Å². The monoisotopic (exact) mass is 193 g/mol. The highest BCUT2D eigenvalue weighted by molar-refractivity contribution is 5.10. The molecule has 0 unspecified atom stereocenters. The van der Waals surface area contributed by atoms with Crippen molar-refractivity contribution in [1.82, 2.24) is 0 Å². The molecule has 0 amide bonds. The molecular weight excluding hydrogens is 170 g/mol. The molecule has 1 atom stereocenters. The minimum atomic E-state index is 0.324. The molecule has 0 spiro atoms. The van der Waals surface area contributed by atoms with E-state index in [9.17, 15) is 0 Å². The number of allylic oxidation sites excluding steroid dienone is 4. The first-order valence-electron chi connectivity index (χ1n) is 5.35. The molecular formula is C13H23N. The van der Waals surface area contributed by atoms with Gasteiger partial charge in [0, 0.05) is 6.04 Å². The van der Waals surface area contributed by atoms with Crippen LogP contribution in [-0.2, 0) is 0 Å². The molecule has 1 heteroatoms. The summed E-state index contributed by atoms with van der Waals surface area (Å²) in [4.78, 5) is 0. The number of unbranched alkanes of at least 4 members (excludes halogenated alkanes) is 1. The largest absolute Gasteiger partial charge is 0.327 e. The lowest BCUT2D eigenvalue weighted by molar-refractivity contribution is 0.593. The van der Waals surface area contributed by atoms with E-state index >= 15 is 0 Å². The van der Waals surface area contributed by atoms with Gasteiger partial charge in [-0.3, -0.25) is 0 Å². The van der Waals surface area contributed by atoms with E-state index in [1.165, 1.54) is 6.42 Å². The van der Waals surface area contributed by atoms with Crippen LogP contribution in [0.1, 0.15) is 39.5 Å². The summed E-state index contributed by atoms with van der Waals surface area (Å²) in [7, 11) is 0. The van der Waals surface area contributed by atoms with Crippen molar-refractivity contribution in [3.05, 3.63) is 36.5 Å². The number of hydrogen-bond donors (Lipinski definition) is 1. The predicted molar refractivity (Wildman–Crippen MR) is 65.2 cm³/mol. The summed E-state index contributed by atoms with van der Waals surface area (Å²) < 4.78 is 0. The lowest BCUT2D eigenvalue weighted by Crippen LogP contribution is -2.18. The number of hydrogen-bond acceptors (Lipinski definition) is 1. The Morgan fingerprint density at radius 3 is 2.71 bits per heavy atom. The Morgan fingerprint density at radius 2 is 2.14 bits per heavy atom. The summed E-state index contributed by atoms with van der Waals surface area (Å²) in [6.07, 6.45) is 12.8. The van der Waals surface area contributed by atoms with Crippen molar-refractivity contribution in [3.8, 4) is 0 Å². The van der Waals surface area contributed by atoms with Crippen LogP contribution < -0.4 is 5.73 Å². The van der Waals surface area contributed by atoms with E-state index in [0.717, 1.165) is 24.8 Å². The van der Waals surface area contributed by atoms with Crippen LogP contribution in [0.15, 0.2) is 36.5 Å². The lowest BCUT2D eigenvalue weighted by atomic mass is 10.1. The van der Waals surface area contributed by atoms with Crippen molar-refractivity contribution in [2.24, 2.45) is 5.73 Å². The second kappa shape index (κ2) is 8.76. The molecule has 1 nitrogen and oxygen atoms in total. The van der Waals surface area contributed by atoms with Gasteiger partial charge in [-0.05, 0) is 39.5 Å². The lowest BCUT2D eigenvalue weighted by Gasteiger charge is -2.06. The van der Waals surface area contributed by atoms with Crippen molar-refractivity contribution in [2.75, 3.05) is 0 Å². The summed E-state index contributed by atoms with van der Waals surface area (Å²) in [5.74, 6) is 0. The highest BCUT2D eigenvalue weighted by Crippen LogP contribution is 2.04. The Morgan fingerprint density at radius 1 is 1.43 bits per heavy atom. The molecule has 14 heavy (non-hydrogen) atoms. The topological polar surface area (TPSA) is 26.0 Å². The van der Waals surface area contributed by atoms with Gasteiger partial charge in [-0.1, -0.05) is 36.5 Å². The van der Waals surface area contributed by atoms with E-state index in [2.05, 4.69) is 30.9 Å². The van der Waals surface area contributed by atoms with Crippen molar-refractivity contribution < 1.29 is 0 Å². The Labute approximate surface area is 88.4 Å². The fourth-order valence-corrected chi connectivity index (χ4v) is 1.21. The van der Waals surface area contributed by atoms with Gasteiger partial charge in [0.1, 0.15) is 0 Å². The summed E-state index contributed by atoms with van der Waals surface area (Å²) in [6.45, 7) is 7.85. The van der Waals surface area contributed by atoms with E-state index in [0.29, 0.717) is 6.04 Å². The van der Waals surface area contributed by atoms with E-state index in [-0.39, 0.29) is 0 Å². The van der Waals surface area contributed by atoms with Gasteiger partial charge in [0.15, 0.2) is 0 Å². The van der Waals surface area contributed by atoms with Gasteiger partial charge in [-0.15, -0.1) is 0 Å². The molecule has 0 heterocycles. The molecule has 80 valence electrons. The molecule has 0 saturated carbocycles. The third-order valence-corrected chi connectivity index (χ3v) is 2.02. The molecule has 0 saturated heterocycles. The van der Waals surface area contributed by atoms with Gasteiger partial charge >= 0.3 is 0 Å². The molecule has 0 radical (unpaired) electrons. The third kappa shape index (κ3) is 9.27. The van der Waals surface area contributed by atoms with Gasteiger partial charge in [0.25, 0.3) is 0 Å². The predicted octanol–water partition coefficient (Wildman–Crippen LogP) is 3.58. The molecule has 0 aromatic heterocycles. The van der Waals surface area contributed by atoms with Crippen LogP contribution >= 0.6 is 0 Å². The van der Waals surface area contributed by atoms with E-state index in [1.54, 1.807) is 0 Å². The molecule has 0 aliphatic rings. The van der Waals surface area contributed by atoms with Crippen LogP contribution in [0, 0.1) is 0 Å². The zero-order valence-electron chi connectivity index (χ0n) is 9.50. The Bertz CT molecular complexity index is 201.